The second-order valence-electron chi connectivity index (χ2n) is 3.22. The predicted octanol–water partition coefficient (Wildman–Crippen LogP) is 1.92. The first-order valence-electron chi connectivity index (χ1n) is 4.83. The molecule has 5 heteroatoms. The average molecular weight is 241 g/mol. The van der Waals surface area contributed by atoms with Crippen molar-refractivity contribution in [1.82, 2.24) is 0 Å². The molecular formula is C11H15NO3S. The SMILES string of the molecule is CCc1cc(C(=O)OC)c(OC)c(S)c1N. The Morgan fingerprint density at radius 3 is 2.56 bits per heavy atom. The number of hydrogen-bond acceptors (Lipinski definition) is 5. The topological polar surface area (TPSA) is 61.5 Å². The van der Waals surface area contributed by atoms with Gasteiger partial charge in [-0.25, -0.2) is 4.79 Å². The van der Waals surface area contributed by atoms with Gasteiger partial charge in [-0.2, -0.15) is 0 Å². The molecule has 2 N–H and O–H groups in total. The number of nitrogens with two attached hydrogens (primary N) is 1. The highest BCUT2D eigenvalue weighted by molar-refractivity contribution is 7.80. The average Bonchev–Trinajstić information content (AvgIpc) is 2.31. The highest BCUT2D eigenvalue weighted by Gasteiger charge is 2.19. The Bertz CT molecular complexity index is 418. The number of nitrogen functional groups attached to an aromatic ring is 1. The number of esters is 1. The van der Waals surface area contributed by atoms with Gasteiger partial charge in [0.05, 0.1) is 24.8 Å². The van der Waals surface area contributed by atoms with Gasteiger partial charge >= 0.3 is 5.97 Å². The summed E-state index contributed by atoms with van der Waals surface area (Å²) < 4.78 is 9.80. The first-order chi connectivity index (χ1) is 7.56. The van der Waals surface area contributed by atoms with Gasteiger partial charge in [0, 0.05) is 0 Å². The number of carbonyl (C=O) groups is 1. The lowest BCUT2D eigenvalue weighted by Gasteiger charge is -2.14. The lowest BCUT2D eigenvalue weighted by Crippen LogP contribution is -2.08. The van der Waals surface area contributed by atoms with E-state index >= 15 is 0 Å². The standard InChI is InChI=1S/C11H15NO3S/c1-4-6-5-7(11(13)15-3)9(14-2)10(16)8(6)12/h5,16H,4,12H2,1-3H3. The number of aryl methyl sites for hydroxylation is 1. The molecule has 0 saturated heterocycles. The molecule has 0 fully saturated rings. The van der Waals surface area contributed by atoms with Crippen molar-refractivity contribution >= 4 is 24.3 Å². The number of benzene rings is 1. The lowest BCUT2D eigenvalue weighted by atomic mass is 10.1. The van der Waals surface area contributed by atoms with Gasteiger partial charge in [-0.15, -0.1) is 12.6 Å². The van der Waals surface area contributed by atoms with E-state index in [4.69, 9.17) is 10.5 Å². The summed E-state index contributed by atoms with van der Waals surface area (Å²) in [6.45, 7) is 1.95. The molecule has 0 bridgehead atoms. The molecule has 0 aliphatic rings. The molecule has 1 rings (SSSR count). The minimum Gasteiger partial charge on any atom is -0.495 e. The largest absolute Gasteiger partial charge is 0.495 e. The van der Waals surface area contributed by atoms with Gasteiger partial charge in [0.25, 0.3) is 0 Å². The van der Waals surface area contributed by atoms with E-state index in [0.29, 0.717) is 28.3 Å². The Labute approximate surface area is 100 Å². The van der Waals surface area contributed by atoms with Gasteiger partial charge in [-0.05, 0) is 18.1 Å². The highest BCUT2D eigenvalue weighted by Crippen LogP contribution is 2.35. The van der Waals surface area contributed by atoms with Crippen LogP contribution in [0.25, 0.3) is 0 Å². The first-order valence-corrected chi connectivity index (χ1v) is 5.28. The molecule has 0 amide bonds. The van der Waals surface area contributed by atoms with Crippen LogP contribution in [0, 0.1) is 0 Å². The van der Waals surface area contributed by atoms with Crippen LogP contribution in [-0.4, -0.2) is 20.2 Å². The molecule has 0 spiro atoms. The van der Waals surface area contributed by atoms with Crippen molar-refractivity contribution in [2.45, 2.75) is 18.2 Å². The van der Waals surface area contributed by atoms with E-state index in [1.807, 2.05) is 6.92 Å². The molecule has 0 heterocycles. The third-order valence-electron chi connectivity index (χ3n) is 2.37. The fraction of sp³-hybridized carbons (Fsp3) is 0.364. The Balaban J connectivity index is 3.47. The van der Waals surface area contributed by atoms with E-state index in [1.165, 1.54) is 14.2 Å². The summed E-state index contributed by atoms with van der Waals surface area (Å²) in [5.74, 6) is -0.105. The van der Waals surface area contributed by atoms with Gasteiger partial charge in [0.1, 0.15) is 11.3 Å². The number of anilines is 1. The molecule has 0 aromatic heterocycles. The molecule has 88 valence electrons. The summed E-state index contributed by atoms with van der Waals surface area (Å²) in [5.41, 5.74) is 7.61. The second-order valence-corrected chi connectivity index (χ2v) is 3.67. The van der Waals surface area contributed by atoms with Crippen molar-refractivity contribution in [1.29, 1.82) is 0 Å². The van der Waals surface area contributed by atoms with E-state index in [0.717, 1.165) is 5.56 Å². The summed E-state index contributed by atoms with van der Waals surface area (Å²) >= 11 is 4.26. The molecule has 0 aliphatic heterocycles. The van der Waals surface area contributed by atoms with Crippen molar-refractivity contribution in [3.63, 3.8) is 0 Å². The van der Waals surface area contributed by atoms with E-state index < -0.39 is 5.97 Å². The van der Waals surface area contributed by atoms with Crippen LogP contribution in [0.3, 0.4) is 0 Å². The van der Waals surface area contributed by atoms with Crippen LogP contribution in [-0.2, 0) is 11.2 Å². The Kier molecular flexibility index (Phi) is 4.06. The van der Waals surface area contributed by atoms with Crippen LogP contribution in [0.1, 0.15) is 22.8 Å². The molecule has 0 atom stereocenters. The predicted molar refractivity (Wildman–Crippen MR) is 65.4 cm³/mol. The van der Waals surface area contributed by atoms with E-state index in [-0.39, 0.29) is 0 Å². The van der Waals surface area contributed by atoms with Gasteiger partial charge in [0.15, 0.2) is 0 Å². The third-order valence-corrected chi connectivity index (χ3v) is 2.81. The van der Waals surface area contributed by atoms with Crippen molar-refractivity contribution < 1.29 is 14.3 Å². The van der Waals surface area contributed by atoms with Crippen LogP contribution in [0.2, 0.25) is 0 Å². The zero-order valence-corrected chi connectivity index (χ0v) is 10.4. The molecule has 0 radical (unpaired) electrons. The number of thiol groups is 1. The first kappa shape index (κ1) is 12.7. The van der Waals surface area contributed by atoms with Crippen molar-refractivity contribution in [3.8, 4) is 5.75 Å². The summed E-state index contributed by atoms with van der Waals surface area (Å²) in [6, 6.07) is 1.68. The summed E-state index contributed by atoms with van der Waals surface area (Å²) in [4.78, 5) is 12.0. The van der Waals surface area contributed by atoms with Crippen molar-refractivity contribution in [2.24, 2.45) is 0 Å². The normalized spacial score (nSPS) is 10.0. The Morgan fingerprint density at radius 2 is 2.12 bits per heavy atom. The van der Waals surface area contributed by atoms with Crippen LogP contribution < -0.4 is 10.5 Å². The third kappa shape index (κ3) is 2.09. The minimum atomic E-state index is -0.457. The summed E-state index contributed by atoms with van der Waals surface area (Å²) in [6.07, 6.45) is 0.716. The maximum absolute atomic E-state index is 11.5. The fourth-order valence-electron chi connectivity index (χ4n) is 1.48. The number of hydrogen-bond donors (Lipinski definition) is 2. The zero-order valence-electron chi connectivity index (χ0n) is 9.53. The quantitative estimate of drug-likeness (QED) is 0.482. The molecule has 16 heavy (non-hydrogen) atoms. The van der Waals surface area contributed by atoms with Crippen LogP contribution in [0.15, 0.2) is 11.0 Å². The Hall–Kier alpha value is -1.36. The van der Waals surface area contributed by atoms with Crippen molar-refractivity contribution in [2.75, 3.05) is 20.0 Å². The maximum atomic E-state index is 11.5. The maximum Gasteiger partial charge on any atom is 0.341 e. The summed E-state index contributed by atoms with van der Waals surface area (Å²) in [7, 11) is 2.79. The molecule has 0 saturated carbocycles. The molecule has 0 unspecified atom stereocenters. The molecular weight excluding hydrogens is 226 g/mol. The molecule has 1 aromatic rings. The molecule has 4 nitrogen and oxygen atoms in total. The smallest absolute Gasteiger partial charge is 0.341 e. The van der Waals surface area contributed by atoms with Crippen molar-refractivity contribution in [3.05, 3.63) is 17.2 Å². The molecule has 1 aromatic carbocycles. The zero-order chi connectivity index (χ0) is 12.3. The van der Waals surface area contributed by atoms with Gasteiger partial charge in [-0.1, -0.05) is 6.92 Å². The number of carbonyl (C=O) groups excluding carboxylic acids is 1. The number of ether oxygens (including phenoxy) is 2. The van der Waals surface area contributed by atoms with E-state index in [1.54, 1.807) is 6.07 Å². The minimum absolute atomic E-state index is 0.348. The van der Waals surface area contributed by atoms with Crippen LogP contribution in [0.5, 0.6) is 5.75 Å². The fourth-order valence-corrected chi connectivity index (χ4v) is 1.84. The van der Waals surface area contributed by atoms with E-state index in [9.17, 15) is 4.79 Å². The van der Waals surface area contributed by atoms with Gasteiger partial charge in [-0.3, -0.25) is 0 Å². The highest BCUT2D eigenvalue weighted by atomic mass is 32.1. The lowest BCUT2D eigenvalue weighted by molar-refractivity contribution is 0.0596. The van der Waals surface area contributed by atoms with E-state index in [2.05, 4.69) is 17.4 Å². The Morgan fingerprint density at radius 1 is 1.50 bits per heavy atom. The van der Waals surface area contributed by atoms with Gasteiger partial charge < -0.3 is 15.2 Å². The van der Waals surface area contributed by atoms with Crippen LogP contribution >= 0.6 is 12.6 Å². The van der Waals surface area contributed by atoms with Crippen LogP contribution in [0.4, 0.5) is 5.69 Å². The second kappa shape index (κ2) is 5.12. The van der Waals surface area contributed by atoms with Gasteiger partial charge in [0.2, 0.25) is 0 Å². The number of rotatable bonds is 3. The molecule has 0 aliphatic carbocycles. The number of methoxy groups -OCH3 is 2. The monoisotopic (exact) mass is 241 g/mol. The summed E-state index contributed by atoms with van der Waals surface area (Å²) in [5, 5.41) is 0.